The van der Waals surface area contributed by atoms with E-state index < -0.39 is 0 Å². The van der Waals surface area contributed by atoms with E-state index in [0.717, 1.165) is 10.3 Å². The van der Waals surface area contributed by atoms with Gasteiger partial charge in [-0.3, -0.25) is 5.21 Å². The van der Waals surface area contributed by atoms with Crippen LogP contribution in [0.25, 0.3) is 0 Å². The summed E-state index contributed by atoms with van der Waals surface area (Å²) in [5.41, 5.74) is 1.12. The molecule has 0 unspecified atom stereocenters. The van der Waals surface area contributed by atoms with Crippen LogP contribution in [0.1, 0.15) is 5.56 Å². The molecule has 0 bridgehead atoms. The van der Waals surface area contributed by atoms with Crippen molar-refractivity contribution in [3.05, 3.63) is 28.5 Å². The molecule has 1 rings (SSSR count). The summed E-state index contributed by atoms with van der Waals surface area (Å²) in [4.78, 5) is 0. The zero-order chi connectivity index (χ0) is 6.85. The van der Waals surface area contributed by atoms with Crippen molar-refractivity contribution in [1.29, 1.82) is 0 Å². The van der Waals surface area contributed by atoms with E-state index in [1.807, 2.05) is 19.1 Å². The van der Waals surface area contributed by atoms with Crippen LogP contribution in [0.2, 0.25) is 0 Å². The summed E-state index contributed by atoms with van der Waals surface area (Å²) in [6.45, 7) is 1.96. The van der Waals surface area contributed by atoms with Gasteiger partial charge in [-0.05, 0) is 12.5 Å². The van der Waals surface area contributed by atoms with Gasteiger partial charge in [-0.1, -0.05) is 0 Å². The summed E-state index contributed by atoms with van der Waals surface area (Å²) in [5.74, 6) is 0. The van der Waals surface area contributed by atoms with Crippen molar-refractivity contribution >= 4 is 15.9 Å². The minimum absolute atomic E-state index is 0.669. The second-order valence-electron chi connectivity index (χ2n) is 1.87. The molecule has 1 heterocycles. The van der Waals surface area contributed by atoms with Gasteiger partial charge >= 0.3 is 0 Å². The smallest absolute Gasteiger partial charge is 0.284 e. The average Bonchev–Trinajstić information content (AvgIpc) is 1.80. The van der Waals surface area contributed by atoms with Crippen molar-refractivity contribution in [3.63, 3.8) is 0 Å². The highest BCUT2D eigenvalue weighted by Gasteiger charge is 2.02. The van der Waals surface area contributed by atoms with Gasteiger partial charge in [0, 0.05) is 32.8 Å². The summed E-state index contributed by atoms with van der Waals surface area (Å²) >= 11 is 3.16. The van der Waals surface area contributed by atoms with Crippen LogP contribution >= 0.6 is 15.9 Å². The normalized spacial score (nSPS) is 9.56. The Morgan fingerprint density at radius 1 is 1.67 bits per heavy atom. The third kappa shape index (κ3) is 1.42. The van der Waals surface area contributed by atoms with Crippen LogP contribution in [0.15, 0.2) is 22.9 Å². The van der Waals surface area contributed by atoms with E-state index in [-0.39, 0.29) is 0 Å². The maximum atomic E-state index is 8.91. The number of nitrogens with zero attached hydrogens (tertiary/aromatic N) is 1. The van der Waals surface area contributed by atoms with Gasteiger partial charge in [0.15, 0.2) is 0 Å². The minimum atomic E-state index is 0.669. The van der Waals surface area contributed by atoms with E-state index in [9.17, 15) is 0 Å². The molecule has 0 amide bonds. The Balaban J connectivity index is 3.17. The number of pyridine rings is 1. The molecule has 9 heavy (non-hydrogen) atoms. The lowest BCUT2D eigenvalue weighted by atomic mass is 10.3. The number of hydrogen-bond donors (Lipinski definition) is 1. The predicted octanol–water partition coefficient (Wildman–Crippen LogP) is 1.28. The fourth-order valence-electron chi connectivity index (χ4n) is 0.561. The van der Waals surface area contributed by atoms with E-state index in [2.05, 4.69) is 15.9 Å². The van der Waals surface area contributed by atoms with Crippen LogP contribution < -0.4 is 4.73 Å². The molecule has 0 saturated carbocycles. The SMILES string of the molecule is Cc1cc[n+](O)c(Br)c1. The molecule has 0 aromatic carbocycles. The molecule has 0 aliphatic carbocycles. The Morgan fingerprint density at radius 3 is 2.78 bits per heavy atom. The van der Waals surface area contributed by atoms with Crippen LogP contribution in [0.3, 0.4) is 0 Å². The molecule has 1 aromatic rings. The van der Waals surface area contributed by atoms with Crippen LogP contribution in [0.5, 0.6) is 0 Å². The van der Waals surface area contributed by atoms with Gasteiger partial charge in [0.25, 0.3) is 4.60 Å². The minimum Gasteiger partial charge on any atom is -0.284 e. The van der Waals surface area contributed by atoms with Gasteiger partial charge in [-0.15, -0.1) is 0 Å². The first-order chi connectivity index (χ1) is 4.20. The lowest BCUT2D eigenvalue weighted by Gasteiger charge is -1.87. The Labute approximate surface area is 61.8 Å². The summed E-state index contributed by atoms with van der Waals surface area (Å²) in [6, 6.07) is 3.66. The van der Waals surface area contributed by atoms with E-state index in [0.29, 0.717) is 4.60 Å². The first-order valence-corrected chi connectivity index (χ1v) is 3.36. The summed E-state index contributed by atoms with van der Waals surface area (Å²) in [7, 11) is 0. The van der Waals surface area contributed by atoms with Gasteiger partial charge in [-0.25, -0.2) is 0 Å². The molecule has 0 fully saturated rings. The number of rotatable bonds is 0. The van der Waals surface area contributed by atoms with Crippen LogP contribution in [0, 0.1) is 6.92 Å². The molecular weight excluding hydrogens is 182 g/mol. The molecule has 0 aliphatic rings. The lowest BCUT2D eigenvalue weighted by Crippen LogP contribution is -2.30. The fraction of sp³-hybridized carbons (Fsp3) is 0.167. The molecule has 1 N–H and O–H groups in total. The largest absolute Gasteiger partial charge is 0.298 e. The molecule has 1 aromatic heterocycles. The van der Waals surface area contributed by atoms with Crippen LogP contribution in [-0.2, 0) is 0 Å². The zero-order valence-corrected chi connectivity index (χ0v) is 6.59. The van der Waals surface area contributed by atoms with E-state index >= 15 is 0 Å². The van der Waals surface area contributed by atoms with E-state index in [1.54, 1.807) is 6.20 Å². The second-order valence-corrected chi connectivity index (χ2v) is 2.68. The highest BCUT2D eigenvalue weighted by Crippen LogP contribution is 2.03. The highest BCUT2D eigenvalue weighted by molar-refractivity contribution is 9.10. The molecule has 0 radical (unpaired) electrons. The van der Waals surface area contributed by atoms with Crippen molar-refractivity contribution in [1.82, 2.24) is 0 Å². The maximum absolute atomic E-state index is 8.91. The highest BCUT2D eigenvalue weighted by atomic mass is 79.9. The topological polar surface area (TPSA) is 24.1 Å². The number of hydrogen-bond acceptors (Lipinski definition) is 1. The Kier molecular flexibility index (Phi) is 1.71. The fourth-order valence-corrected chi connectivity index (χ4v) is 1.04. The molecular formula is C6H7BrNO+. The summed E-state index contributed by atoms with van der Waals surface area (Å²) < 4.78 is 1.69. The van der Waals surface area contributed by atoms with Crippen molar-refractivity contribution in [2.24, 2.45) is 0 Å². The molecule has 0 aliphatic heterocycles. The predicted molar refractivity (Wildman–Crippen MR) is 36.3 cm³/mol. The summed E-state index contributed by atoms with van der Waals surface area (Å²) in [6.07, 6.45) is 1.58. The van der Waals surface area contributed by atoms with Gasteiger partial charge in [0.2, 0.25) is 6.20 Å². The molecule has 3 heteroatoms. The van der Waals surface area contributed by atoms with Gasteiger partial charge in [-0.2, -0.15) is 0 Å². The quantitative estimate of drug-likeness (QED) is 0.371. The van der Waals surface area contributed by atoms with E-state index in [4.69, 9.17) is 5.21 Å². The third-order valence-corrected chi connectivity index (χ3v) is 1.64. The number of aryl methyl sites for hydroxylation is 1. The average molecular weight is 189 g/mol. The zero-order valence-electron chi connectivity index (χ0n) is 5.00. The van der Waals surface area contributed by atoms with Crippen molar-refractivity contribution in [2.45, 2.75) is 6.92 Å². The lowest BCUT2D eigenvalue weighted by molar-refractivity contribution is -0.913. The molecule has 0 atom stereocenters. The van der Waals surface area contributed by atoms with Crippen molar-refractivity contribution in [3.8, 4) is 0 Å². The number of halogens is 1. The molecule has 0 saturated heterocycles. The molecule has 2 nitrogen and oxygen atoms in total. The first kappa shape index (κ1) is 6.55. The Bertz CT molecular complexity index is 224. The van der Waals surface area contributed by atoms with Crippen molar-refractivity contribution < 1.29 is 9.94 Å². The van der Waals surface area contributed by atoms with Crippen LogP contribution in [-0.4, -0.2) is 5.21 Å². The maximum Gasteiger partial charge on any atom is 0.298 e. The van der Waals surface area contributed by atoms with Gasteiger partial charge < -0.3 is 0 Å². The van der Waals surface area contributed by atoms with Gasteiger partial charge in [0.1, 0.15) is 0 Å². The standard InChI is InChI=1S/C6H7BrNO/c1-5-2-3-8(9)6(7)4-5/h2-4,9H,1H3/q+1. The monoisotopic (exact) mass is 188 g/mol. The summed E-state index contributed by atoms with van der Waals surface area (Å²) in [5, 5.41) is 8.91. The second kappa shape index (κ2) is 2.35. The van der Waals surface area contributed by atoms with Gasteiger partial charge in [0.05, 0.1) is 0 Å². The third-order valence-electron chi connectivity index (χ3n) is 1.04. The Hall–Kier alpha value is -0.570. The van der Waals surface area contributed by atoms with E-state index in [1.165, 1.54) is 0 Å². The Morgan fingerprint density at radius 2 is 2.33 bits per heavy atom. The molecule has 0 spiro atoms. The first-order valence-electron chi connectivity index (χ1n) is 2.57. The molecule has 48 valence electrons. The number of aromatic nitrogens is 1. The van der Waals surface area contributed by atoms with Crippen molar-refractivity contribution in [2.75, 3.05) is 0 Å². The van der Waals surface area contributed by atoms with Crippen LogP contribution in [0.4, 0.5) is 0 Å².